The van der Waals surface area contributed by atoms with Crippen LogP contribution in [0.1, 0.15) is 43.5 Å². The summed E-state index contributed by atoms with van der Waals surface area (Å²) in [5.41, 5.74) is 5.60. The quantitative estimate of drug-likeness (QED) is 0.540. The van der Waals surface area contributed by atoms with Crippen LogP contribution in [0.2, 0.25) is 0 Å². The van der Waals surface area contributed by atoms with E-state index in [-0.39, 0.29) is 17.4 Å². The molecule has 1 saturated heterocycles. The molecule has 0 spiro atoms. The van der Waals surface area contributed by atoms with Crippen molar-refractivity contribution in [1.82, 2.24) is 10.1 Å². The normalized spacial score (nSPS) is 14.8. The Morgan fingerprint density at radius 3 is 2.41 bits per heavy atom. The summed E-state index contributed by atoms with van der Waals surface area (Å²) >= 11 is 0. The smallest absolute Gasteiger partial charge is 0.179 e. The van der Waals surface area contributed by atoms with Crippen molar-refractivity contribution in [3.05, 3.63) is 59.8 Å². The van der Waals surface area contributed by atoms with Crippen LogP contribution < -0.4 is 0 Å². The first-order valence-corrected chi connectivity index (χ1v) is 11.0. The van der Waals surface area contributed by atoms with E-state index in [4.69, 9.17) is 9.26 Å². The molecule has 3 aromatic rings. The standard InChI is InChI=1S/C26H30N2O4/c1-16(2)20-13-21(23(30)14-22(20)29)26-24(25(17(3)4)27-32-26)19-7-5-18(6-8-19)15-28-9-11-31-12-10-28/h5-8,13-14,16,29-30H,3,9-12,15H2,1-2,4H3. The molecule has 0 unspecified atom stereocenters. The Morgan fingerprint density at radius 1 is 1.09 bits per heavy atom. The molecule has 6 nitrogen and oxygen atoms in total. The predicted octanol–water partition coefficient (Wildman–Crippen LogP) is 5.41. The zero-order valence-corrected chi connectivity index (χ0v) is 18.9. The first-order valence-electron chi connectivity index (χ1n) is 11.0. The van der Waals surface area contributed by atoms with Crippen molar-refractivity contribution in [1.29, 1.82) is 0 Å². The van der Waals surface area contributed by atoms with Crippen molar-refractivity contribution in [3.63, 3.8) is 0 Å². The second-order valence-corrected chi connectivity index (χ2v) is 8.68. The van der Waals surface area contributed by atoms with E-state index in [9.17, 15) is 10.2 Å². The van der Waals surface area contributed by atoms with Gasteiger partial charge >= 0.3 is 0 Å². The van der Waals surface area contributed by atoms with E-state index in [0.29, 0.717) is 17.0 Å². The van der Waals surface area contributed by atoms with Gasteiger partial charge in [-0.3, -0.25) is 4.90 Å². The first kappa shape index (κ1) is 22.1. The number of nitrogens with zero attached hydrogens (tertiary/aromatic N) is 2. The lowest BCUT2D eigenvalue weighted by Gasteiger charge is -2.26. The summed E-state index contributed by atoms with van der Waals surface area (Å²) in [5, 5.41) is 25.1. The lowest BCUT2D eigenvalue weighted by molar-refractivity contribution is 0.0342. The third kappa shape index (κ3) is 4.42. The second kappa shape index (κ2) is 9.18. The minimum Gasteiger partial charge on any atom is -0.508 e. The molecule has 6 heteroatoms. The minimum absolute atomic E-state index is 0.0542. The largest absolute Gasteiger partial charge is 0.508 e. The number of rotatable bonds is 6. The van der Waals surface area contributed by atoms with E-state index in [2.05, 4.69) is 40.9 Å². The summed E-state index contributed by atoms with van der Waals surface area (Å²) in [6.45, 7) is 14.2. The van der Waals surface area contributed by atoms with E-state index >= 15 is 0 Å². The van der Waals surface area contributed by atoms with Crippen LogP contribution in [0.15, 0.2) is 47.5 Å². The van der Waals surface area contributed by atoms with Gasteiger partial charge in [0.05, 0.1) is 24.3 Å². The van der Waals surface area contributed by atoms with E-state index in [1.807, 2.05) is 20.8 Å². The molecule has 4 rings (SSSR count). The Bertz CT molecular complexity index is 1110. The van der Waals surface area contributed by atoms with Gasteiger partial charge in [0.15, 0.2) is 5.76 Å². The van der Waals surface area contributed by atoms with Crippen LogP contribution in [-0.2, 0) is 11.3 Å². The molecule has 1 aromatic heterocycles. The van der Waals surface area contributed by atoms with Crippen molar-refractivity contribution in [2.75, 3.05) is 26.3 Å². The number of hydrogen-bond donors (Lipinski definition) is 2. The summed E-state index contributed by atoms with van der Waals surface area (Å²) in [5.74, 6) is 0.556. The van der Waals surface area contributed by atoms with Gasteiger partial charge in [-0.1, -0.05) is 49.8 Å². The molecule has 2 N–H and O–H groups in total. The van der Waals surface area contributed by atoms with Crippen LogP contribution in [-0.4, -0.2) is 46.6 Å². The Labute approximate surface area is 188 Å². The third-order valence-corrected chi connectivity index (χ3v) is 5.86. The van der Waals surface area contributed by atoms with E-state index in [0.717, 1.165) is 55.1 Å². The van der Waals surface area contributed by atoms with Crippen LogP contribution >= 0.6 is 0 Å². The lowest BCUT2D eigenvalue weighted by Crippen LogP contribution is -2.35. The van der Waals surface area contributed by atoms with Crippen LogP contribution in [0, 0.1) is 0 Å². The topological polar surface area (TPSA) is 79.0 Å². The van der Waals surface area contributed by atoms with Crippen molar-refractivity contribution < 1.29 is 19.5 Å². The van der Waals surface area contributed by atoms with Crippen LogP contribution in [0.3, 0.4) is 0 Å². The predicted molar refractivity (Wildman–Crippen MR) is 126 cm³/mol. The zero-order valence-electron chi connectivity index (χ0n) is 18.9. The molecule has 2 heterocycles. The van der Waals surface area contributed by atoms with Gasteiger partial charge in [0.2, 0.25) is 0 Å². The van der Waals surface area contributed by atoms with Crippen LogP contribution in [0.4, 0.5) is 0 Å². The van der Waals surface area contributed by atoms with Crippen molar-refractivity contribution >= 4 is 5.57 Å². The van der Waals surface area contributed by atoms with E-state index < -0.39 is 0 Å². The number of benzene rings is 2. The number of aromatic hydroxyl groups is 2. The molecule has 32 heavy (non-hydrogen) atoms. The number of aromatic nitrogens is 1. The third-order valence-electron chi connectivity index (χ3n) is 5.86. The maximum atomic E-state index is 10.6. The maximum Gasteiger partial charge on any atom is 0.179 e. The first-order chi connectivity index (χ1) is 15.3. The molecule has 1 fully saturated rings. The highest BCUT2D eigenvalue weighted by Gasteiger charge is 2.24. The maximum absolute atomic E-state index is 10.6. The number of ether oxygens (including phenoxy) is 1. The van der Waals surface area contributed by atoms with Gasteiger partial charge in [0.25, 0.3) is 0 Å². The Kier molecular flexibility index (Phi) is 6.35. The number of allylic oxidation sites excluding steroid dienone is 1. The van der Waals surface area contributed by atoms with Gasteiger partial charge in [-0.15, -0.1) is 0 Å². The fourth-order valence-corrected chi connectivity index (χ4v) is 4.07. The molecule has 2 aromatic carbocycles. The Balaban J connectivity index is 1.74. The Hall–Kier alpha value is -3.09. The average molecular weight is 435 g/mol. The molecular formula is C26H30N2O4. The zero-order chi connectivity index (χ0) is 22.8. The van der Waals surface area contributed by atoms with Gasteiger partial charge in [0.1, 0.15) is 17.2 Å². The highest BCUT2D eigenvalue weighted by atomic mass is 16.5. The van der Waals surface area contributed by atoms with Crippen molar-refractivity contribution in [2.24, 2.45) is 0 Å². The number of phenols is 2. The minimum atomic E-state index is -0.0542. The summed E-state index contributed by atoms with van der Waals surface area (Å²) in [4.78, 5) is 2.38. The molecular weight excluding hydrogens is 404 g/mol. The molecule has 1 aliphatic rings. The van der Waals surface area contributed by atoms with Gasteiger partial charge in [-0.2, -0.15) is 0 Å². The molecule has 0 radical (unpaired) electrons. The fraction of sp³-hybridized carbons (Fsp3) is 0.346. The SMILES string of the molecule is C=C(C)c1noc(-c2cc(C(C)C)c(O)cc2O)c1-c1ccc(CN2CCOCC2)cc1. The fourth-order valence-electron chi connectivity index (χ4n) is 4.07. The van der Waals surface area contributed by atoms with Crippen molar-refractivity contribution in [2.45, 2.75) is 33.2 Å². The molecule has 0 saturated carbocycles. The molecule has 0 amide bonds. The molecule has 0 bridgehead atoms. The van der Waals surface area contributed by atoms with Crippen LogP contribution in [0.5, 0.6) is 11.5 Å². The molecule has 1 aliphatic heterocycles. The van der Waals surface area contributed by atoms with Gasteiger partial charge < -0.3 is 19.5 Å². The highest BCUT2D eigenvalue weighted by Crippen LogP contribution is 2.44. The summed E-state index contributed by atoms with van der Waals surface area (Å²) in [7, 11) is 0. The second-order valence-electron chi connectivity index (χ2n) is 8.68. The number of hydrogen-bond acceptors (Lipinski definition) is 6. The van der Waals surface area contributed by atoms with Gasteiger partial charge in [-0.25, -0.2) is 0 Å². The van der Waals surface area contributed by atoms with Gasteiger partial charge in [-0.05, 0) is 41.2 Å². The Morgan fingerprint density at radius 2 is 1.78 bits per heavy atom. The summed E-state index contributed by atoms with van der Waals surface area (Å²) in [6.07, 6.45) is 0. The van der Waals surface area contributed by atoms with Crippen LogP contribution in [0.25, 0.3) is 28.0 Å². The van der Waals surface area contributed by atoms with Crippen molar-refractivity contribution in [3.8, 4) is 33.9 Å². The number of morpholine rings is 1. The summed E-state index contributed by atoms with van der Waals surface area (Å²) in [6, 6.07) is 11.5. The summed E-state index contributed by atoms with van der Waals surface area (Å²) < 4.78 is 11.2. The van der Waals surface area contributed by atoms with E-state index in [1.54, 1.807) is 6.07 Å². The molecule has 168 valence electrons. The lowest BCUT2D eigenvalue weighted by atomic mass is 9.93. The number of phenolic OH excluding ortho intramolecular Hbond substituents is 2. The monoisotopic (exact) mass is 434 g/mol. The average Bonchev–Trinajstić information content (AvgIpc) is 3.20. The van der Waals surface area contributed by atoms with Gasteiger partial charge in [0, 0.05) is 25.7 Å². The molecule has 0 atom stereocenters. The van der Waals surface area contributed by atoms with E-state index in [1.165, 1.54) is 11.6 Å². The molecule has 0 aliphatic carbocycles. The highest BCUT2D eigenvalue weighted by molar-refractivity contribution is 5.89.